The number of sulfonamides is 1. The van der Waals surface area contributed by atoms with E-state index in [2.05, 4.69) is 0 Å². The van der Waals surface area contributed by atoms with Crippen LogP contribution in [0.4, 0.5) is 0 Å². The van der Waals surface area contributed by atoms with E-state index in [4.69, 9.17) is 0 Å². The van der Waals surface area contributed by atoms with E-state index < -0.39 is 21.9 Å². The van der Waals surface area contributed by atoms with Gasteiger partial charge in [-0.3, -0.25) is 4.79 Å². The maximum atomic E-state index is 12.9. The summed E-state index contributed by atoms with van der Waals surface area (Å²) in [5.41, 5.74) is 0.684. The van der Waals surface area contributed by atoms with E-state index in [0.717, 1.165) is 12.8 Å². The summed E-state index contributed by atoms with van der Waals surface area (Å²) in [6.45, 7) is 7.42. The molecular formula is C20H31NO4S. The molecule has 0 radical (unpaired) electrons. The molecule has 5 nitrogen and oxygen atoms in total. The molecule has 26 heavy (non-hydrogen) atoms. The van der Waals surface area contributed by atoms with Crippen molar-refractivity contribution >= 4 is 16.0 Å². The molecule has 1 N–H and O–H groups in total. The van der Waals surface area contributed by atoms with Crippen molar-refractivity contribution < 1.29 is 18.3 Å². The summed E-state index contributed by atoms with van der Waals surface area (Å²) < 4.78 is 27.3. The fourth-order valence-corrected chi connectivity index (χ4v) is 5.94. The molecule has 1 fully saturated rings. The number of rotatable bonds is 8. The summed E-state index contributed by atoms with van der Waals surface area (Å²) in [7, 11) is -3.60. The number of nitrogens with zero attached hydrogens (tertiary/aromatic N) is 1. The molecule has 2 rings (SSSR count). The molecule has 1 aromatic carbocycles. The Labute approximate surface area is 157 Å². The molecular weight excluding hydrogens is 350 g/mol. The Bertz CT molecular complexity index is 696. The van der Waals surface area contributed by atoms with Gasteiger partial charge in [0, 0.05) is 12.1 Å². The lowest BCUT2D eigenvalue weighted by Crippen LogP contribution is -2.41. The summed E-state index contributed by atoms with van der Waals surface area (Å²) in [6, 6.07) is 6.14. The summed E-state index contributed by atoms with van der Waals surface area (Å²) in [5, 5.41) is 9.62. The lowest BCUT2D eigenvalue weighted by molar-refractivity contribution is -0.139. The van der Waals surface area contributed by atoms with Crippen LogP contribution < -0.4 is 0 Å². The van der Waals surface area contributed by atoms with Crippen LogP contribution in [0.2, 0.25) is 0 Å². The minimum Gasteiger partial charge on any atom is -0.481 e. The number of aliphatic carboxylic acids is 1. The summed E-state index contributed by atoms with van der Waals surface area (Å²) in [4.78, 5) is 11.9. The fourth-order valence-electron chi connectivity index (χ4n) is 4.10. The number of hydrogen-bond donors (Lipinski definition) is 1. The van der Waals surface area contributed by atoms with Crippen molar-refractivity contribution in [1.29, 1.82) is 0 Å². The quantitative estimate of drug-likeness (QED) is 0.731. The Morgan fingerprint density at radius 1 is 1.08 bits per heavy atom. The van der Waals surface area contributed by atoms with Crippen LogP contribution in [0.3, 0.4) is 0 Å². The van der Waals surface area contributed by atoms with Crippen LogP contribution in [0.5, 0.6) is 0 Å². The van der Waals surface area contributed by atoms with Crippen LogP contribution in [-0.2, 0) is 14.8 Å². The van der Waals surface area contributed by atoms with Crippen LogP contribution >= 0.6 is 0 Å². The van der Waals surface area contributed by atoms with E-state index >= 15 is 0 Å². The smallest absolute Gasteiger partial charge is 0.310 e. The summed E-state index contributed by atoms with van der Waals surface area (Å²) in [5.74, 6) is -0.948. The maximum absolute atomic E-state index is 12.9. The third-order valence-corrected chi connectivity index (χ3v) is 7.48. The molecule has 0 saturated heterocycles. The van der Waals surface area contributed by atoms with Crippen LogP contribution in [0.25, 0.3) is 0 Å². The van der Waals surface area contributed by atoms with E-state index in [1.807, 2.05) is 27.7 Å². The highest BCUT2D eigenvalue weighted by atomic mass is 32.2. The zero-order valence-corrected chi connectivity index (χ0v) is 17.0. The zero-order valence-electron chi connectivity index (χ0n) is 16.2. The van der Waals surface area contributed by atoms with E-state index in [0.29, 0.717) is 17.9 Å². The summed E-state index contributed by atoms with van der Waals surface area (Å²) >= 11 is 0. The Morgan fingerprint density at radius 2 is 1.58 bits per heavy atom. The van der Waals surface area contributed by atoms with Crippen molar-refractivity contribution in [1.82, 2.24) is 4.31 Å². The Balaban J connectivity index is 2.26. The van der Waals surface area contributed by atoms with Gasteiger partial charge in [-0.2, -0.15) is 4.31 Å². The van der Waals surface area contributed by atoms with Gasteiger partial charge in [-0.05, 0) is 57.7 Å². The predicted molar refractivity (Wildman–Crippen MR) is 103 cm³/mol. The first-order valence-electron chi connectivity index (χ1n) is 9.51. The predicted octanol–water partition coefficient (Wildman–Crippen LogP) is 4.24. The minimum atomic E-state index is -3.60. The number of carbonyl (C=O) groups is 1. The van der Waals surface area contributed by atoms with E-state index in [9.17, 15) is 18.3 Å². The third kappa shape index (κ3) is 4.65. The molecule has 1 aliphatic carbocycles. The normalized spacial score (nSPS) is 17.3. The minimum absolute atomic E-state index is 0.145. The molecule has 1 atom stereocenters. The number of hydrogen-bond acceptors (Lipinski definition) is 3. The fraction of sp³-hybridized carbons (Fsp3) is 0.650. The van der Waals surface area contributed by atoms with Gasteiger partial charge in [-0.25, -0.2) is 8.42 Å². The molecule has 1 aromatic rings. The van der Waals surface area contributed by atoms with Crippen LogP contribution in [0.1, 0.15) is 71.3 Å². The number of carboxylic acid groups (broad SMARTS) is 1. The zero-order chi connectivity index (χ0) is 19.5. The monoisotopic (exact) mass is 381 g/mol. The van der Waals surface area contributed by atoms with Gasteiger partial charge in [0.15, 0.2) is 0 Å². The Hall–Kier alpha value is -1.40. The first-order chi connectivity index (χ1) is 12.1. The third-order valence-electron chi connectivity index (χ3n) is 5.22. The SMILES string of the molecule is CC(C)N(C(C)C)S(=O)(=O)c1ccc(C(CC2CCCC2)C(=O)O)cc1. The topological polar surface area (TPSA) is 74.7 Å². The molecule has 0 aromatic heterocycles. The lowest BCUT2D eigenvalue weighted by Gasteiger charge is -2.29. The van der Waals surface area contributed by atoms with Gasteiger partial charge >= 0.3 is 5.97 Å². The Morgan fingerprint density at radius 3 is 2.00 bits per heavy atom. The highest BCUT2D eigenvalue weighted by Crippen LogP contribution is 2.34. The van der Waals surface area contributed by atoms with Gasteiger partial charge in [0.1, 0.15) is 0 Å². The second-order valence-electron chi connectivity index (χ2n) is 7.87. The highest BCUT2D eigenvalue weighted by molar-refractivity contribution is 7.89. The molecule has 0 spiro atoms. The molecule has 6 heteroatoms. The van der Waals surface area contributed by atoms with Crippen LogP contribution in [0, 0.1) is 5.92 Å². The van der Waals surface area contributed by atoms with Crippen molar-refractivity contribution in [3.05, 3.63) is 29.8 Å². The molecule has 0 heterocycles. The lowest BCUT2D eigenvalue weighted by atomic mass is 9.88. The van der Waals surface area contributed by atoms with E-state index in [1.165, 1.54) is 17.1 Å². The second kappa shape index (κ2) is 8.53. The Kier molecular flexibility index (Phi) is 6.86. The average Bonchev–Trinajstić information content (AvgIpc) is 3.04. The van der Waals surface area contributed by atoms with Crippen molar-refractivity contribution in [3.63, 3.8) is 0 Å². The highest BCUT2D eigenvalue weighted by Gasteiger charge is 2.30. The first-order valence-corrected chi connectivity index (χ1v) is 10.9. The van der Waals surface area contributed by atoms with Crippen LogP contribution in [-0.4, -0.2) is 35.9 Å². The van der Waals surface area contributed by atoms with Gasteiger partial charge in [-0.15, -0.1) is 0 Å². The molecule has 1 unspecified atom stereocenters. The number of benzene rings is 1. The molecule has 0 aliphatic heterocycles. The number of carboxylic acids is 1. The van der Waals surface area contributed by atoms with Crippen molar-refractivity contribution in [3.8, 4) is 0 Å². The van der Waals surface area contributed by atoms with Gasteiger partial charge in [0.05, 0.1) is 10.8 Å². The molecule has 146 valence electrons. The molecule has 0 amide bonds. The maximum Gasteiger partial charge on any atom is 0.310 e. The van der Waals surface area contributed by atoms with Crippen LogP contribution in [0.15, 0.2) is 29.2 Å². The molecule has 1 saturated carbocycles. The second-order valence-corrected chi connectivity index (χ2v) is 9.71. The molecule has 1 aliphatic rings. The molecule has 0 bridgehead atoms. The van der Waals surface area contributed by atoms with Crippen molar-refractivity contribution in [2.45, 2.75) is 82.7 Å². The van der Waals surface area contributed by atoms with E-state index in [-0.39, 0.29) is 17.0 Å². The van der Waals surface area contributed by atoms with Crippen molar-refractivity contribution in [2.24, 2.45) is 5.92 Å². The summed E-state index contributed by atoms with van der Waals surface area (Å²) in [6.07, 6.45) is 5.16. The standard InChI is InChI=1S/C20H31NO4S/c1-14(2)21(15(3)4)26(24,25)18-11-9-17(10-12-18)19(20(22)23)13-16-7-5-6-8-16/h9-12,14-16,19H,5-8,13H2,1-4H3,(H,22,23). The van der Waals surface area contributed by atoms with Crippen molar-refractivity contribution in [2.75, 3.05) is 0 Å². The van der Waals surface area contributed by atoms with Gasteiger partial charge in [-0.1, -0.05) is 37.8 Å². The largest absolute Gasteiger partial charge is 0.481 e. The first kappa shape index (κ1) is 20.9. The van der Waals surface area contributed by atoms with Gasteiger partial charge in [0.2, 0.25) is 10.0 Å². The van der Waals surface area contributed by atoms with Gasteiger partial charge in [0.25, 0.3) is 0 Å². The van der Waals surface area contributed by atoms with Gasteiger partial charge < -0.3 is 5.11 Å². The average molecular weight is 382 g/mol. The van der Waals surface area contributed by atoms with E-state index in [1.54, 1.807) is 24.3 Å².